The first-order valence-corrected chi connectivity index (χ1v) is 7.41. The number of hydrogen-bond donors (Lipinski definition) is 2. The molecular formula is C16H24FNO2. The number of aliphatic hydroxyl groups excluding tert-OH is 2. The number of rotatable bonds is 5. The van der Waals surface area contributed by atoms with Crippen LogP contribution in [-0.4, -0.2) is 40.9 Å². The van der Waals surface area contributed by atoms with Crippen LogP contribution in [0.3, 0.4) is 0 Å². The van der Waals surface area contributed by atoms with Gasteiger partial charge in [0.2, 0.25) is 0 Å². The second-order valence-electron chi connectivity index (χ2n) is 5.68. The molecule has 4 heteroatoms. The standard InChI is InChI=1S/C16H24FNO2/c1-12-5-6-13(10-15(12)17)16(20)7-9-18-8-3-2-4-14(18)11-19/h5-6,10,14,16,19-20H,2-4,7-9,11H2,1H3. The SMILES string of the molecule is Cc1ccc(C(O)CCN2CCCCC2CO)cc1F. The third-order valence-electron chi connectivity index (χ3n) is 4.23. The molecule has 2 atom stereocenters. The van der Waals surface area contributed by atoms with Gasteiger partial charge in [0.15, 0.2) is 0 Å². The van der Waals surface area contributed by atoms with E-state index in [-0.39, 0.29) is 18.5 Å². The molecule has 1 saturated heterocycles. The van der Waals surface area contributed by atoms with Crippen molar-refractivity contribution in [3.05, 3.63) is 35.1 Å². The summed E-state index contributed by atoms with van der Waals surface area (Å²) in [5, 5.41) is 19.5. The zero-order chi connectivity index (χ0) is 14.5. The van der Waals surface area contributed by atoms with Gasteiger partial charge in [-0.1, -0.05) is 18.6 Å². The molecule has 3 nitrogen and oxygen atoms in total. The topological polar surface area (TPSA) is 43.7 Å². The molecule has 1 aliphatic heterocycles. The third kappa shape index (κ3) is 3.78. The number of benzene rings is 1. The van der Waals surface area contributed by atoms with E-state index in [9.17, 15) is 14.6 Å². The van der Waals surface area contributed by atoms with Crippen LogP contribution in [-0.2, 0) is 0 Å². The Labute approximate surface area is 120 Å². The van der Waals surface area contributed by atoms with Gasteiger partial charge in [0.25, 0.3) is 0 Å². The number of aliphatic hydroxyl groups is 2. The van der Waals surface area contributed by atoms with E-state index >= 15 is 0 Å². The van der Waals surface area contributed by atoms with Crippen molar-refractivity contribution in [2.75, 3.05) is 19.7 Å². The highest BCUT2D eigenvalue weighted by atomic mass is 19.1. The Kier molecular flexibility index (Phi) is 5.52. The summed E-state index contributed by atoms with van der Waals surface area (Å²) in [7, 11) is 0. The zero-order valence-corrected chi connectivity index (χ0v) is 12.1. The van der Waals surface area contributed by atoms with Gasteiger partial charge < -0.3 is 10.2 Å². The van der Waals surface area contributed by atoms with Gasteiger partial charge in [0.05, 0.1) is 12.7 Å². The number of likely N-dealkylation sites (tertiary alicyclic amines) is 1. The lowest BCUT2D eigenvalue weighted by Crippen LogP contribution is -2.42. The molecule has 0 bridgehead atoms. The van der Waals surface area contributed by atoms with Crippen LogP contribution in [0.5, 0.6) is 0 Å². The molecule has 1 heterocycles. The summed E-state index contributed by atoms with van der Waals surface area (Å²) in [4.78, 5) is 2.23. The third-order valence-corrected chi connectivity index (χ3v) is 4.23. The maximum atomic E-state index is 13.5. The molecule has 20 heavy (non-hydrogen) atoms. The van der Waals surface area contributed by atoms with Crippen LogP contribution in [0.1, 0.15) is 42.9 Å². The van der Waals surface area contributed by atoms with Gasteiger partial charge in [-0.2, -0.15) is 0 Å². The monoisotopic (exact) mass is 281 g/mol. The minimum absolute atomic E-state index is 0.176. The Morgan fingerprint density at radius 1 is 1.40 bits per heavy atom. The first-order chi connectivity index (χ1) is 9.61. The summed E-state index contributed by atoms with van der Waals surface area (Å²) >= 11 is 0. The normalized spacial score (nSPS) is 21.9. The smallest absolute Gasteiger partial charge is 0.126 e. The van der Waals surface area contributed by atoms with E-state index in [1.165, 1.54) is 6.07 Å². The number of nitrogens with zero attached hydrogens (tertiary/aromatic N) is 1. The molecule has 1 aromatic carbocycles. The summed E-state index contributed by atoms with van der Waals surface area (Å²) in [5.41, 5.74) is 1.22. The van der Waals surface area contributed by atoms with E-state index in [1.807, 2.05) is 0 Å². The van der Waals surface area contributed by atoms with Crippen LogP contribution in [0.4, 0.5) is 4.39 Å². The molecule has 0 radical (unpaired) electrons. The number of hydrogen-bond acceptors (Lipinski definition) is 3. The van der Waals surface area contributed by atoms with Crippen LogP contribution in [0, 0.1) is 12.7 Å². The largest absolute Gasteiger partial charge is 0.395 e. The van der Waals surface area contributed by atoms with E-state index in [4.69, 9.17) is 0 Å². The highest BCUT2D eigenvalue weighted by Crippen LogP contribution is 2.22. The highest BCUT2D eigenvalue weighted by molar-refractivity contribution is 5.24. The van der Waals surface area contributed by atoms with Crippen LogP contribution in [0.25, 0.3) is 0 Å². The summed E-state index contributed by atoms with van der Waals surface area (Å²) in [6, 6.07) is 5.11. The van der Waals surface area contributed by atoms with Gasteiger partial charge in [0, 0.05) is 12.6 Å². The first-order valence-electron chi connectivity index (χ1n) is 7.41. The van der Waals surface area contributed by atoms with Crippen LogP contribution in [0.15, 0.2) is 18.2 Å². The maximum absolute atomic E-state index is 13.5. The molecule has 0 aromatic heterocycles. The Balaban J connectivity index is 1.90. The molecule has 112 valence electrons. The van der Waals surface area contributed by atoms with E-state index in [1.54, 1.807) is 19.1 Å². The van der Waals surface area contributed by atoms with Crippen molar-refractivity contribution in [2.45, 2.75) is 44.8 Å². The van der Waals surface area contributed by atoms with Crippen LogP contribution in [0.2, 0.25) is 0 Å². The molecule has 1 aliphatic rings. The van der Waals surface area contributed by atoms with Crippen molar-refractivity contribution in [3.8, 4) is 0 Å². The predicted molar refractivity (Wildman–Crippen MR) is 77.0 cm³/mol. The van der Waals surface area contributed by atoms with Crippen molar-refractivity contribution in [1.82, 2.24) is 4.90 Å². The minimum Gasteiger partial charge on any atom is -0.395 e. The molecule has 2 unspecified atom stereocenters. The van der Waals surface area contributed by atoms with E-state index in [2.05, 4.69) is 4.90 Å². The van der Waals surface area contributed by atoms with Crippen molar-refractivity contribution in [2.24, 2.45) is 0 Å². The molecule has 2 rings (SSSR count). The quantitative estimate of drug-likeness (QED) is 0.871. The van der Waals surface area contributed by atoms with Gasteiger partial charge in [-0.15, -0.1) is 0 Å². The Morgan fingerprint density at radius 2 is 2.20 bits per heavy atom. The van der Waals surface area contributed by atoms with Crippen LogP contribution < -0.4 is 0 Å². The van der Waals surface area contributed by atoms with Crippen molar-refractivity contribution < 1.29 is 14.6 Å². The highest BCUT2D eigenvalue weighted by Gasteiger charge is 2.22. The molecule has 1 fully saturated rings. The lowest BCUT2D eigenvalue weighted by molar-refractivity contribution is 0.0697. The first kappa shape index (κ1) is 15.4. The summed E-state index contributed by atoms with van der Waals surface area (Å²) in [6.07, 6.45) is 3.25. The number of halogens is 1. The lowest BCUT2D eigenvalue weighted by atomic mass is 10.0. The van der Waals surface area contributed by atoms with E-state index in [0.717, 1.165) is 32.4 Å². The van der Waals surface area contributed by atoms with Gasteiger partial charge in [-0.3, -0.25) is 4.90 Å². The average Bonchev–Trinajstić information content (AvgIpc) is 2.47. The van der Waals surface area contributed by atoms with Gasteiger partial charge in [0.1, 0.15) is 5.82 Å². The summed E-state index contributed by atoms with van der Waals surface area (Å²) in [6.45, 7) is 3.60. The van der Waals surface area contributed by atoms with Crippen molar-refractivity contribution >= 4 is 0 Å². The summed E-state index contributed by atoms with van der Waals surface area (Å²) in [5.74, 6) is -0.271. The molecule has 1 aromatic rings. The predicted octanol–water partition coefficient (Wildman–Crippen LogP) is 2.40. The van der Waals surface area contributed by atoms with E-state index in [0.29, 0.717) is 17.5 Å². The Hall–Kier alpha value is -0.970. The molecule has 0 spiro atoms. The lowest BCUT2D eigenvalue weighted by Gasteiger charge is -2.35. The summed E-state index contributed by atoms with van der Waals surface area (Å²) < 4.78 is 13.5. The van der Waals surface area contributed by atoms with Gasteiger partial charge in [-0.25, -0.2) is 4.39 Å². The van der Waals surface area contributed by atoms with Crippen molar-refractivity contribution in [1.29, 1.82) is 0 Å². The zero-order valence-electron chi connectivity index (χ0n) is 12.1. The molecule has 0 saturated carbocycles. The maximum Gasteiger partial charge on any atom is 0.126 e. The second kappa shape index (κ2) is 7.16. The molecule has 2 N–H and O–H groups in total. The van der Waals surface area contributed by atoms with Crippen LogP contribution >= 0.6 is 0 Å². The molecule has 0 amide bonds. The second-order valence-corrected chi connectivity index (χ2v) is 5.68. The average molecular weight is 281 g/mol. The van der Waals surface area contributed by atoms with Crippen molar-refractivity contribution in [3.63, 3.8) is 0 Å². The Morgan fingerprint density at radius 3 is 2.90 bits per heavy atom. The number of aryl methyl sites for hydroxylation is 1. The fraction of sp³-hybridized carbons (Fsp3) is 0.625. The van der Waals surface area contributed by atoms with Gasteiger partial charge in [-0.05, 0) is 49.9 Å². The molecule has 0 aliphatic carbocycles. The number of piperidine rings is 1. The fourth-order valence-electron chi connectivity index (χ4n) is 2.83. The fourth-order valence-corrected chi connectivity index (χ4v) is 2.83. The Bertz CT molecular complexity index is 438. The van der Waals surface area contributed by atoms with E-state index < -0.39 is 6.10 Å². The molecular weight excluding hydrogens is 257 g/mol. The van der Waals surface area contributed by atoms with Gasteiger partial charge >= 0.3 is 0 Å². The minimum atomic E-state index is -0.647.